The lowest BCUT2D eigenvalue weighted by Crippen LogP contribution is -2.38. The summed E-state index contributed by atoms with van der Waals surface area (Å²) >= 11 is 0. The molecule has 0 saturated heterocycles. The van der Waals surface area contributed by atoms with Crippen molar-refractivity contribution in [3.63, 3.8) is 0 Å². The average molecular weight is 234 g/mol. The van der Waals surface area contributed by atoms with Gasteiger partial charge in [0.2, 0.25) is 0 Å². The molecule has 17 heavy (non-hydrogen) atoms. The van der Waals surface area contributed by atoms with E-state index in [2.05, 4.69) is 29.7 Å². The number of hydrogen-bond donors (Lipinski definition) is 2. The molecule has 0 bridgehead atoms. The first-order valence-electron chi connectivity index (χ1n) is 6.46. The minimum absolute atomic E-state index is 0.361. The molecule has 1 aromatic carbocycles. The van der Waals surface area contributed by atoms with Gasteiger partial charge in [-0.1, -0.05) is 24.3 Å². The molecule has 0 spiro atoms. The fourth-order valence-corrected chi connectivity index (χ4v) is 2.56. The Morgan fingerprint density at radius 2 is 2.29 bits per heavy atom. The van der Waals surface area contributed by atoms with Crippen molar-refractivity contribution in [2.45, 2.75) is 38.1 Å². The van der Waals surface area contributed by atoms with Gasteiger partial charge in [-0.05, 0) is 43.2 Å². The Balaban J connectivity index is 1.81. The van der Waals surface area contributed by atoms with Crippen molar-refractivity contribution in [2.75, 3.05) is 13.2 Å². The second kappa shape index (κ2) is 6.15. The quantitative estimate of drug-likeness (QED) is 0.431. The Morgan fingerprint density at radius 1 is 1.47 bits per heavy atom. The molecule has 0 aliphatic heterocycles. The van der Waals surface area contributed by atoms with E-state index < -0.39 is 0 Å². The van der Waals surface area contributed by atoms with Crippen molar-refractivity contribution in [1.82, 2.24) is 5.43 Å². The van der Waals surface area contributed by atoms with Gasteiger partial charge in [0, 0.05) is 19.3 Å². The molecule has 3 nitrogen and oxygen atoms in total. The molecule has 0 fully saturated rings. The van der Waals surface area contributed by atoms with Crippen LogP contribution in [0.5, 0.6) is 0 Å². The number of fused-ring (bicyclic) bond motifs is 1. The molecular weight excluding hydrogens is 212 g/mol. The lowest BCUT2D eigenvalue weighted by atomic mass is 9.74. The van der Waals surface area contributed by atoms with Crippen LogP contribution in [0.15, 0.2) is 24.3 Å². The lowest BCUT2D eigenvalue weighted by Gasteiger charge is -2.32. The van der Waals surface area contributed by atoms with E-state index in [1.165, 1.54) is 17.5 Å². The van der Waals surface area contributed by atoms with E-state index in [1.807, 2.05) is 6.92 Å². The number of hydrazine groups is 1. The van der Waals surface area contributed by atoms with Crippen molar-refractivity contribution in [2.24, 2.45) is 5.84 Å². The summed E-state index contributed by atoms with van der Waals surface area (Å²) in [6.07, 6.45) is 3.30. The summed E-state index contributed by atoms with van der Waals surface area (Å²) in [7, 11) is 0. The van der Waals surface area contributed by atoms with E-state index >= 15 is 0 Å². The van der Waals surface area contributed by atoms with Gasteiger partial charge < -0.3 is 4.74 Å². The monoisotopic (exact) mass is 234 g/mol. The number of ether oxygens (including phenoxy) is 1. The highest BCUT2D eigenvalue weighted by Gasteiger charge is 2.27. The highest BCUT2D eigenvalue weighted by molar-refractivity contribution is 5.39. The van der Waals surface area contributed by atoms with E-state index in [-0.39, 0.29) is 0 Å². The number of nitrogens with two attached hydrogens (primary N) is 1. The van der Waals surface area contributed by atoms with Gasteiger partial charge in [-0.3, -0.25) is 11.3 Å². The molecule has 2 atom stereocenters. The van der Waals surface area contributed by atoms with Crippen LogP contribution in [0, 0.1) is 0 Å². The summed E-state index contributed by atoms with van der Waals surface area (Å²) < 4.78 is 5.37. The topological polar surface area (TPSA) is 47.3 Å². The molecule has 0 heterocycles. The third kappa shape index (κ3) is 3.06. The Labute approximate surface area is 103 Å². The van der Waals surface area contributed by atoms with Crippen LogP contribution in [0.3, 0.4) is 0 Å². The molecule has 94 valence electrons. The van der Waals surface area contributed by atoms with Crippen LogP contribution in [-0.2, 0) is 11.2 Å². The zero-order chi connectivity index (χ0) is 12.1. The Kier molecular flexibility index (Phi) is 4.54. The highest BCUT2D eigenvalue weighted by Crippen LogP contribution is 2.38. The summed E-state index contributed by atoms with van der Waals surface area (Å²) in [5.74, 6) is 6.27. The molecule has 2 rings (SSSR count). The number of hydrogen-bond acceptors (Lipinski definition) is 3. The van der Waals surface area contributed by atoms with Crippen LogP contribution in [0.4, 0.5) is 0 Å². The third-order valence-electron chi connectivity index (χ3n) is 3.58. The lowest BCUT2D eigenvalue weighted by molar-refractivity contribution is 0.134. The molecule has 0 amide bonds. The molecule has 0 radical (unpaired) electrons. The summed E-state index contributed by atoms with van der Waals surface area (Å²) in [5.41, 5.74) is 5.91. The highest BCUT2D eigenvalue weighted by atomic mass is 16.5. The SMILES string of the molecule is CCOCCC(CC1Cc2ccccc21)NN. The maximum absolute atomic E-state index is 5.60. The molecular formula is C14H22N2O. The fourth-order valence-electron chi connectivity index (χ4n) is 2.56. The van der Waals surface area contributed by atoms with Gasteiger partial charge in [0.1, 0.15) is 0 Å². The molecule has 1 aromatic rings. The Morgan fingerprint density at radius 3 is 3.00 bits per heavy atom. The van der Waals surface area contributed by atoms with Crippen molar-refractivity contribution in [1.29, 1.82) is 0 Å². The predicted octanol–water partition coefficient (Wildman–Crippen LogP) is 1.97. The Bertz CT molecular complexity index is 354. The third-order valence-corrected chi connectivity index (χ3v) is 3.58. The van der Waals surface area contributed by atoms with Crippen LogP contribution in [0.2, 0.25) is 0 Å². The van der Waals surface area contributed by atoms with E-state index in [0.717, 1.165) is 26.1 Å². The van der Waals surface area contributed by atoms with Crippen LogP contribution in [-0.4, -0.2) is 19.3 Å². The summed E-state index contributed by atoms with van der Waals surface area (Å²) in [5, 5.41) is 0. The van der Waals surface area contributed by atoms with Gasteiger partial charge in [0.25, 0.3) is 0 Å². The van der Waals surface area contributed by atoms with Crippen LogP contribution >= 0.6 is 0 Å². The summed E-state index contributed by atoms with van der Waals surface area (Å²) in [4.78, 5) is 0. The predicted molar refractivity (Wildman–Crippen MR) is 69.7 cm³/mol. The molecule has 1 aliphatic carbocycles. The fraction of sp³-hybridized carbons (Fsp3) is 0.571. The van der Waals surface area contributed by atoms with E-state index in [9.17, 15) is 0 Å². The largest absolute Gasteiger partial charge is 0.382 e. The van der Waals surface area contributed by atoms with Gasteiger partial charge in [-0.15, -0.1) is 0 Å². The van der Waals surface area contributed by atoms with Crippen LogP contribution in [0.25, 0.3) is 0 Å². The molecule has 0 saturated carbocycles. The minimum Gasteiger partial charge on any atom is -0.382 e. The smallest absolute Gasteiger partial charge is 0.0481 e. The van der Waals surface area contributed by atoms with Gasteiger partial charge in [-0.2, -0.15) is 0 Å². The van der Waals surface area contributed by atoms with Crippen molar-refractivity contribution in [3.8, 4) is 0 Å². The van der Waals surface area contributed by atoms with Gasteiger partial charge in [0.05, 0.1) is 0 Å². The number of rotatable bonds is 7. The molecule has 0 aromatic heterocycles. The second-order valence-electron chi connectivity index (χ2n) is 4.68. The van der Waals surface area contributed by atoms with Crippen LogP contribution in [0.1, 0.15) is 36.8 Å². The van der Waals surface area contributed by atoms with Crippen molar-refractivity contribution < 1.29 is 4.74 Å². The standard InChI is InChI=1S/C14H22N2O/c1-2-17-8-7-13(16-15)10-12-9-11-5-3-4-6-14(11)12/h3-6,12-13,16H,2,7-10,15H2,1H3. The normalized spacial score (nSPS) is 19.5. The maximum Gasteiger partial charge on any atom is 0.0481 e. The number of benzene rings is 1. The van der Waals surface area contributed by atoms with E-state index in [0.29, 0.717) is 12.0 Å². The first-order valence-corrected chi connectivity index (χ1v) is 6.46. The zero-order valence-corrected chi connectivity index (χ0v) is 10.5. The summed E-state index contributed by atoms with van der Waals surface area (Å²) in [6.45, 7) is 3.59. The molecule has 1 aliphatic rings. The molecule has 3 heteroatoms. The second-order valence-corrected chi connectivity index (χ2v) is 4.68. The van der Waals surface area contributed by atoms with Crippen molar-refractivity contribution >= 4 is 0 Å². The first kappa shape index (κ1) is 12.6. The number of nitrogens with one attached hydrogen (secondary N) is 1. The van der Waals surface area contributed by atoms with Gasteiger partial charge in [-0.25, -0.2) is 0 Å². The molecule has 2 unspecified atom stereocenters. The summed E-state index contributed by atoms with van der Waals surface area (Å²) in [6, 6.07) is 9.05. The van der Waals surface area contributed by atoms with Crippen molar-refractivity contribution in [3.05, 3.63) is 35.4 Å². The van der Waals surface area contributed by atoms with Gasteiger partial charge >= 0.3 is 0 Å². The molecule has 3 N–H and O–H groups in total. The van der Waals surface area contributed by atoms with E-state index in [1.54, 1.807) is 0 Å². The minimum atomic E-state index is 0.361. The zero-order valence-electron chi connectivity index (χ0n) is 10.5. The van der Waals surface area contributed by atoms with E-state index in [4.69, 9.17) is 10.6 Å². The average Bonchev–Trinajstić information content (AvgIpc) is 2.34. The van der Waals surface area contributed by atoms with Gasteiger partial charge in [0.15, 0.2) is 0 Å². The van der Waals surface area contributed by atoms with Crippen LogP contribution < -0.4 is 11.3 Å². The maximum atomic E-state index is 5.60. The first-order chi connectivity index (χ1) is 8.35. The Hall–Kier alpha value is -0.900.